The molecule has 10 heteroatoms. The Hall–Kier alpha value is -2.98. The summed E-state index contributed by atoms with van der Waals surface area (Å²) in [5, 5.41) is 17.8. The van der Waals surface area contributed by atoms with Crippen molar-refractivity contribution in [2.24, 2.45) is 5.92 Å². The number of carbonyl (C=O) groups excluding carboxylic acids is 2. The number of aliphatic hydroxyl groups excluding tert-OH is 1. The van der Waals surface area contributed by atoms with Gasteiger partial charge in [-0.1, -0.05) is 29.8 Å². The molecule has 0 saturated heterocycles. The Kier molecular flexibility index (Phi) is 9.00. The van der Waals surface area contributed by atoms with Crippen molar-refractivity contribution in [1.29, 1.82) is 0 Å². The van der Waals surface area contributed by atoms with E-state index in [1.165, 1.54) is 4.90 Å². The molecule has 1 aromatic heterocycles. The summed E-state index contributed by atoms with van der Waals surface area (Å²) in [6, 6.07) is 6.95. The Balaban J connectivity index is 1.76. The number of ether oxygens (including phenoxy) is 2. The molecule has 0 unspecified atom stereocenters. The van der Waals surface area contributed by atoms with Gasteiger partial charge in [-0.25, -0.2) is 9.48 Å². The molecule has 34 heavy (non-hydrogen) atoms. The molecule has 1 aliphatic heterocycles. The van der Waals surface area contributed by atoms with Gasteiger partial charge < -0.3 is 24.4 Å². The van der Waals surface area contributed by atoms with E-state index in [2.05, 4.69) is 10.3 Å². The zero-order valence-electron chi connectivity index (χ0n) is 20.4. The monoisotopic (exact) mass is 473 g/mol. The summed E-state index contributed by atoms with van der Waals surface area (Å²) >= 11 is 0. The molecule has 1 aromatic carbocycles. The molecule has 0 aliphatic carbocycles. The molecule has 0 radical (unpaired) electrons. The fourth-order valence-corrected chi connectivity index (χ4v) is 3.88. The molecule has 0 spiro atoms. The first-order valence-electron chi connectivity index (χ1n) is 11.7. The topological polar surface area (TPSA) is 110 Å². The van der Waals surface area contributed by atoms with Crippen LogP contribution in [0.4, 0.5) is 4.79 Å². The molecule has 2 heterocycles. The Morgan fingerprint density at radius 3 is 2.79 bits per heavy atom. The number of hydrogen-bond donors (Lipinski definition) is 1. The maximum Gasteiger partial charge on any atom is 0.415 e. The van der Waals surface area contributed by atoms with Crippen molar-refractivity contribution in [2.75, 3.05) is 26.7 Å². The zero-order chi connectivity index (χ0) is 24.7. The first kappa shape index (κ1) is 25.6. The minimum Gasteiger partial charge on any atom is -0.410 e. The van der Waals surface area contributed by atoms with E-state index < -0.39 is 6.09 Å². The molecule has 186 valence electrons. The summed E-state index contributed by atoms with van der Waals surface area (Å²) in [6.07, 6.45) is 1.75. The molecule has 0 bridgehead atoms. The minimum absolute atomic E-state index is 0.0264. The number of rotatable bonds is 5. The standard InChI is InChI=1S/C24H35N5O5/c1-17-7-9-21(10-8-17)34-24(32)27(4)14-22-18(2)13-28(19(3)15-30)23(31)6-5-11-29-20(16-33-22)12-25-26-29/h7-10,12,18-19,22,30H,5-6,11,13-16H2,1-4H3/t18-,19-,22-/m1/s1. The van der Waals surface area contributed by atoms with E-state index in [9.17, 15) is 14.7 Å². The molecular weight excluding hydrogens is 438 g/mol. The van der Waals surface area contributed by atoms with Gasteiger partial charge in [-0.15, -0.1) is 5.10 Å². The van der Waals surface area contributed by atoms with Gasteiger partial charge in [0, 0.05) is 32.5 Å². The molecule has 0 fully saturated rings. The SMILES string of the molecule is Cc1ccc(OC(=O)N(C)C[C@H]2OCc3cnnn3CCCC(=O)N([C@H](C)CO)C[C@H]2C)cc1. The summed E-state index contributed by atoms with van der Waals surface area (Å²) in [5.74, 6) is 0.330. The van der Waals surface area contributed by atoms with Crippen LogP contribution in [-0.2, 0) is 22.7 Å². The number of likely N-dealkylation sites (N-methyl/N-ethyl adjacent to an activating group) is 1. The molecule has 2 aromatic rings. The minimum atomic E-state index is -0.492. The third-order valence-corrected chi connectivity index (χ3v) is 6.13. The molecule has 3 atom stereocenters. The number of aromatic nitrogens is 3. The third kappa shape index (κ3) is 6.77. The fourth-order valence-electron chi connectivity index (χ4n) is 3.88. The van der Waals surface area contributed by atoms with Gasteiger partial charge in [0.1, 0.15) is 5.75 Å². The fraction of sp³-hybridized carbons (Fsp3) is 0.583. The van der Waals surface area contributed by atoms with Gasteiger partial charge in [-0.05, 0) is 32.4 Å². The van der Waals surface area contributed by atoms with Gasteiger partial charge >= 0.3 is 6.09 Å². The number of amides is 2. The van der Waals surface area contributed by atoms with E-state index in [1.807, 2.05) is 32.9 Å². The van der Waals surface area contributed by atoms with Crippen molar-refractivity contribution < 1.29 is 24.2 Å². The van der Waals surface area contributed by atoms with Crippen LogP contribution in [0.25, 0.3) is 0 Å². The number of benzene rings is 1. The average Bonchev–Trinajstić information content (AvgIpc) is 3.27. The summed E-state index contributed by atoms with van der Waals surface area (Å²) in [5.41, 5.74) is 1.89. The second-order valence-corrected chi connectivity index (χ2v) is 9.02. The number of carbonyl (C=O) groups is 2. The zero-order valence-corrected chi connectivity index (χ0v) is 20.4. The van der Waals surface area contributed by atoms with E-state index in [4.69, 9.17) is 9.47 Å². The highest BCUT2D eigenvalue weighted by molar-refractivity contribution is 5.76. The lowest BCUT2D eigenvalue weighted by Gasteiger charge is -2.35. The van der Waals surface area contributed by atoms with Crippen LogP contribution in [0.15, 0.2) is 30.5 Å². The number of aliphatic hydroxyl groups is 1. The Bertz CT molecular complexity index is 947. The quantitative estimate of drug-likeness (QED) is 0.709. The molecule has 0 saturated carbocycles. The van der Waals surface area contributed by atoms with E-state index in [1.54, 1.807) is 35.0 Å². The maximum atomic E-state index is 12.9. The highest BCUT2D eigenvalue weighted by atomic mass is 16.6. The van der Waals surface area contributed by atoms with Gasteiger partial charge in [-0.3, -0.25) is 4.79 Å². The van der Waals surface area contributed by atoms with Crippen molar-refractivity contribution in [3.8, 4) is 5.75 Å². The smallest absolute Gasteiger partial charge is 0.410 e. The van der Waals surface area contributed by atoms with Gasteiger partial charge in [0.15, 0.2) is 0 Å². The van der Waals surface area contributed by atoms with E-state index in [0.717, 1.165) is 11.3 Å². The summed E-state index contributed by atoms with van der Waals surface area (Å²) < 4.78 is 13.5. The normalized spacial score (nSPS) is 20.6. The van der Waals surface area contributed by atoms with Crippen LogP contribution in [0.1, 0.15) is 37.9 Å². The second-order valence-electron chi connectivity index (χ2n) is 9.02. The summed E-state index contributed by atoms with van der Waals surface area (Å²) in [7, 11) is 1.66. The average molecular weight is 474 g/mol. The van der Waals surface area contributed by atoms with Gasteiger partial charge in [0.25, 0.3) is 0 Å². The van der Waals surface area contributed by atoms with Crippen LogP contribution in [0.2, 0.25) is 0 Å². The van der Waals surface area contributed by atoms with Crippen LogP contribution >= 0.6 is 0 Å². The van der Waals surface area contributed by atoms with Crippen LogP contribution in [0.3, 0.4) is 0 Å². The lowest BCUT2D eigenvalue weighted by Crippen LogP contribution is -2.48. The molecular formula is C24H35N5O5. The maximum absolute atomic E-state index is 12.9. The van der Waals surface area contributed by atoms with Gasteiger partial charge in [0.2, 0.25) is 5.91 Å². The predicted molar refractivity (Wildman–Crippen MR) is 125 cm³/mol. The van der Waals surface area contributed by atoms with Crippen LogP contribution in [-0.4, -0.2) is 80.8 Å². The second kappa shape index (κ2) is 11.9. The van der Waals surface area contributed by atoms with Gasteiger partial charge in [0.05, 0.1) is 43.8 Å². The Morgan fingerprint density at radius 2 is 2.09 bits per heavy atom. The largest absolute Gasteiger partial charge is 0.415 e. The summed E-state index contributed by atoms with van der Waals surface area (Å²) in [6.45, 7) is 7.16. The van der Waals surface area contributed by atoms with E-state index >= 15 is 0 Å². The first-order chi connectivity index (χ1) is 16.3. The number of nitrogens with zero attached hydrogens (tertiary/aromatic N) is 5. The lowest BCUT2D eigenvalue weighted by atomic mass is 10.0. The van der Waals surface area contributed by atoms with Crippen LogP contribution < -0.4 is 4.74 Å². The molecule has 1 aliphatic rings. The third-order valence-electron chi connectivity index (χ3n) is 6.13. The Labute approximate surface area is 200 Å². The van der Waals surface area contributed by atoms with Crippen molar-refractivity contribution in [1.82, 2.24) is 24.8 Å². The van der Waals surface area contributed by atoms with Crippen LogP contribution in [0, 0.1) is 12.8 Å². The van der Waals surface area contributed by atoms with Crippen molar-refractivity contribution in [2.45, 2.75) is 58.9 Å². The van der Waals surface area contributed by atoms with Gasteiger partial charge in [-0.2, -0.15) is 0 Å². The van der Waals surface area contributed by atoms with E-state index in [-0.39, 0.29) is 43.7 Å². The number of aryl methyl sites for hydroxylation is 2. The number of hydrogen-bond acceptors (Lipinski definition) is 7. The Morgan fingerprint density at radius 1 is 1.35 bits per heavy atom. The van der Waals surface area contributed by atoms with Crippen molar-refractivity contribution in [3.63, 3.8) is 0 Å². The van der Waals surface area contributed by atoms with Crippen molar-refractivity contribution in [3.05, 3.63) is 41.7 Å². The lowest BCUT2D eigenvalue weighted by molar-refractivity contribution is -0.136. The number of fused-ring (bicyclic) bond motifs is 1. The molecule has 1 N–H and O–H groups in total. The molecule has 3 rings (SSSR count). The molecule has 2 amide bonds. The highest BCUT2D eigenvalue weighted by Gasteiger charge is 2.29. The summed E-state index contributed by atoms with van der Waals surface area (Å²) in [4.78, 5) is 28.8. The first-order valence-corrected chi connectivity index (χ1v) is 11.7. The van der Waals surface area contributed by atoms with Crippen LogP contribution in [0.5, 0.6) is 5.75 Å². The van der Waals surface area contributed by atoms with Crippen molar-refractivity contribution >= 4 is 12.0 Å². The molecule has 10 nitrogen and oxygen atoms in total. The van der Waals surface area contributed by atoms with E-state index in [0.29, 0.717) is 31.7 Å². The predicted octanol–water partition coefficient (Wildman–Crippen LogP) is 2.24. The highest BCUT2D eigenvalue weighted by Crippen LogP contribution is 2.19.